The van der Waals surface area contributed by atoms with E-state index in [1.165, 1.54) is 0 Å². The van der Waals surface area contributed by atoms with Gasteiger partial charge in [-0.2, -0.15) is 4.98 Å². The van der Waals surface area contributed by atoms with Crippen LogP contribution in [0.1, 0.15) is 18.9 Å². The standard InChI is InChI=1S/C15H14Cl2N6O.ClH/c16-10-4-1-5-11(17)12(10)13-20-15(24-22-13)14-19-8-23(21-14)9-3-2-6-18-7-9;/h1,4-5,8-9,18H,2-3,6-7H2;1H. The molecule has 3 heterocycles. The highest BCUT2D eigenvalue weighted by Crippen LogP contribution is 2.33. The Morgan fingerprint density at radius 3 is 2.72 bits per heavy atom. The van der Waals surface area contributed by atoms with Gasteiger partial charge in [0.2, 0.25) is 11.6 Å². The van der Waals surface area contributed by atoms with Crippen LogP contribution in [0.5, 0.6) is 0 Å². The van der Waals surface area contributed by atoms with Crippen molar-refractivity contribution in [2.24, 2.45) is 0 Å². The highest BCUT2D eigenvalue weighted by Gasteiger charge is 2.21. The van der Waals surface area contributed by atoms with E-state index in [2.05, 4.69) is 25.5 Å². The molecule has 2 aromatic heterocycles. The first-order valence-electron chi connectivity index (χ1n) is 7.62. The highest BCUT2D eigenvalue weighted by atomic mass is 35.5. The molecule has 25 heavy (non-hydrogen) atoms. The highest BCUT2D eigenvalue weighted by molar-refractivity contribution is 6.38. The third-order valence-electron chi connectivity index (χ3n) is 3.96. The van der Waals surface area contributed by atoms with Gasteiger partial charge in [-0.3, -0.25) is 0 Å². The summed E-state index contributed by atoms with van der Waals surface area (Å²) in [7, 11) is 0. The van der Waals surface area contributed by atoms with Gasteiger partial charge in [0.25, 0.3) is 5.89 Å². The van der Waals surface area contributed by atoms with E-state index < -0.39 is 0 Å². The van der Waals surface area contributed by atoms with Crippen molar-refractivity contribution in [1.82, 2.24) is 30.2 Å². The van der Waals surface area contributed by atoms with E-state index >= 15 is 0 Å². The Hall–Kier alpha value is -1.67. The molecule has 0 saturated carbocycles. The lowest BCUT2D eigenvalue weighted by Crippen LogP contribution is -2.31. The quantitative estimate of drug-likeness (QED) is 0.721. The second kappa shape index (κ2) is 7.70. The molecule has 0 bridgehead atoms. The largest absolute Gasteiger partial charge is 0.330 e. The summed E-state index contributed by atoms with van der Waals surface area (Å²) in [5.74, 6) is 0.947. The Bertz CT molecular complexity index is 838. The van der Waals surface area contributed by atoms with Crippen LogP contribution in [0.25, 0.3) is 23.1 Å². The molecular formula is C15H15Cl3N6O. The Balaban J connectivity index is 0.00000182. The molecule has 10 heteroatoms. The fraction of sp³-hybridized carbons (Fsp3) is 0.333. The maximum Gasteiger partial charge on any atom is 0.297 e. The van der Waals surface area contributed by atoms with Gasteiger partial charge in [-0.1, -0.05) is 34.4 Å². The fourth-order valence-corrected chi connectivity index (χ4v) is 3.30. The lowest BCUT2D eigenvalue weighted by Gasteiger charge is -2.22. The number of piperidine rings is 1. The van der Waals surface area contributed by atoms with Crippen molar-refractivity contribution in [3.63, 3.8) is 0 Å². The van der Waals surface area contributed by atoms with Crippen molar-refractivity contribution < 1.29 is 4.52 Å². The number of hydrogen-bond donors (Lipinski definition) is 1. The van der Waals surface area contributed by atoms with Gasteiger partial charge >= 0.3 is 0 Å². The average Bonchev–Trinajstić information content (AvgIpc) is 3.25. The number of hydrogen-bond acceptors (Lipinski definition) is 6. The van der Waals surface area contributed by atoms with E-state index in [9.17, 15) is 0 Å². The van der Waals surface area contributed by atoms with Gasteiger partial charge < -0.3 is 9.84 Å². The molecule has 0 amide bonds. The first-order chi connectivity index (χ1) is 11.7. The van der Waals surface area contributed by atoms with Gasteiger partial charge in [0.05, 0.1) is 21.7 Å². The number of nitrogens with one attached hydrogen (secondary N) is 1. The Kier molecular flexibility index (Phi) is 5.58. The molecule has 0 aliphatic carbocycles. The van der Waals surface area contributed by atoms with Crippen molar-refractivity contribution in [2.75, 3.05) is 13.1 Å². The minimum atomic E-state index is 0. The van der Waals surface area contributed by atoms with Crippen molar-refractivity contribution in [1.29, 1.82) is 0 Å². The molecule has 4 rings (SSSR count). The molecular weight excluding hydrogens is 387 g/mol. The second-order valence-electron chi connectivity index (χ2n) is 5.57. The summed E-state index contributed by atoms with van der Waals surface area (Å²) in [6.45, 7) is 1.93. The zero-order chi connectivity index (χ0) is 16.5. The van der Waals surface area contributed by atoms with Crippen molar-refractivity contribution >= 4 is 35.6 Å². The summed E-state index contributed by atoms with van der Waals surface area (Å²) < 4.78 is 7.12. The molecule has 0 spiro atoms. The van der Waals surface area contributed by atoms with Gasteiger partial charge in [0, 0.05) is 6.54 Å². The van der Waals surface area contributed by atoms with Gasteiger partial charge in [0.15, 0.2) is 0 Å². The zero-order valence-electron chi connectivity index (χ0n) is 13.0. The van der Waals surface area contributed by atoms with Crippen LogP contribution < -0.4 is 5.32 Å². The van der Waals surface area contributed by atoms with Gasteiger partial charge in [0.1, 0.15) is 6.33 Å². The monoisotopic (exact) mass is 400 g/mol. The molecule has 1 unspecified atom stereocenters. The van der Waals surface area contributed by atoms with E-state index in [1.54, 1.807) is 24.5 Å². The van der Waals surface area contributed by atoms with Crippen LogP contribution in [0.4, 0.5) is 0 Å². The predicted octanol–water partition coefficient (Wildman–Crippen LogP) is 3.65. The molecule has 3 aromatic rings. The summed E-state index contributed by atoms with van der Waals surface area (Å²) in [6, 6.07) is 5.50. The molecule has 1 fully saturated rings. The number of halogens is 3. The zero-order valence-corrected chi connectivity index (χ0v) is 15.4. The van der Waals surface area contributed by atoms with Crippen LogP contribution in [0.15, 0.2) is 29.0 Å². The maximum atomic E-state index is 6.18. The van der Waals surface area contributed by atoms with Crippen LogP contribution in [-0.2, 0) is 0 Å². The third kappa shape index (κ3) is 3.64. The van der Waals surface area contributed by atoms with Crippen LogP contribution in [-0.4, -0.2) is 38.0 Å². The van der Waals surface area contributed by atoms with Crippen LogP contribution in [0.3, 0.4) is 0 Å². The van der Waals surface area contributed by atoms with Crippen LogP contribution in [0.2, 0.25) is 10.0 Å². The Morgan fingerprint density at radius 2 is 2.00 bits per heavy atom. The van der Waals surface area contributed by atoms with E-state index in [1.807, 2.05) is 4.68 Å². The molecule has 132 valence electrons. The van der Waals surface area contributed by atoms with Crippen LogP contribution in [0, 0.1) is 0 Å². The van der Waals surface area contributed by atoms with Gasteiger partial charge in [-0.05, 0) is 31.5 Å². The minimum absolute atomic E-state index is 0. The predicted molar refractivity (Wildman–Crippen MR) is 97.2 cm³/mol. The van der Waals surface area contributed by atoms with E-state index in [4.69, 9.17) is 27.7 Å². The molecule has 1 N–H and O–H groups in total. The lowest BCUT2D eigenvalue weighted by atomic mass is 10.1. The topological polar surface area (TPSA) is 81.7 Å². The first-order valence-corrected chi connectivity index (χ1v) is 8.38. The molecule has 1 aliphatic heterocycles. The van der Waals surface area contributed by atoms with Gasteiger partial charge in [-0.15, -0.1) is 17.5 Å². The van der Waals surface area contributed by atoms with Crippen LogP contribution >= 0.6 is 35.6 Å². The molecule has 0 radical (unpaired) electrons. The summed E-state index contributed by atoms with van der Waals surface area (Å²) in [5, 5.41) is 12.7. The van der Waals surface area contributed by atoms with E-state index in [0.29, 0.717) is 33.3 Å². The normalized spacial score (nSPS) is 17.3. The molecule has 1 aromatic carbocycles. The maximum absolute atomic E-state index is 6.18. The second-order valence-corrected chi connectivity index (χ2v) is 6.38. The summed E-state index contributed by atoms with van der Waals surface area (Å²) in [5.41, 5.74) is 0.534. The van der Waals surface area contributed by atoms with E-state index in [-0.39, 0.29) is 18.3 Å². The van der Waals surface area contributed by atoms with Gasteiger partial charge in [-0.25, -0.2) is 9.67 Å². The summed E-state index contributed by atoms with van der Waals surface area (Å²) in [6.07, 6.45) is 3.88. The number of nitrogens with zero attached hydrogens (tertiary/aromatic N) is 5. The van der Waals surface area contributed by atoms with Crippen molar-refractivity contribution in [2.45, 2.75) is 18.9 Å². The number of aromatic nitrogens is 5. The number of rotatable bonds is 3. The summed E-state index contributed by atoms with van der Waals surface area (Å²) in [4.78, 5) is 8.61. The summed E-state index contributed by atoms with van der Waals surface area (Å²) >= 11 is 12.4. The first kappa shape index (κ1) is 18.1. The fourth-order valence-electron chi connectivity index (χ4n) is 2.74. The molecule has 1 aliphatic rings. The van der Waals surface area contributed by atoms with Crippen molar-refractivity contribution in [3.05, 3.63) is 34.6 Å². The lowest BCUT2D eigenvalue weighted by molar-refractivity contribution is 0.345. The molecule has 1 saturated heterocycles. The average molecular weight is 402 g/mol. The molecule has 1 atom stereocenters. The number of benzene rings is 1. The Morgan fingerprint density at radius 1 is 1.20 bits per heavy atom. The smallest absolute Gasteiger partial charge is 0.297 e. The SMILES string of the molecule is Cl.Clc1cccc(Cl)c1-c1noc(-c2ncn(C3CCCNC3)n2)n1. The van der Waals surface area contributed by atoms with Crippen molar-refractivity contribution in [3.8, 4) is 23.1 Å². The third-order valence-corrected chi connectivity index (χ3v) is 4.59. The Labute approximate surface area is 160 Å². The molecule has 7 nitrogen and oxygen atoms in total. The minimum Gasteiger partial charge on any atom is -0.330 e. The van der Waals surface area contributed by atoms with E-state index in [0.717, 1.165) is 25.9 Å².